The molecule has 3 N–H and O–H groups in total. The van der Waals surface area contributed by atoms with Gasteiger partial charge in [-0.1, -0.05) is 13.8 Å². The molecule has 0 bridgehead atoms. The van der Waals surface area contributed by atoms with Crippen molar-refractivity contribution in [2.24, 2.45) is 0 Å². The van der Waals surface area contributed by atoms with Gasteiger partial charge in [0.05, 0.1) is 17.6 Å². The molecule has 0 unspecified atom stereocenters. The van der Waals surface area contributed by atoms with Crippen molar-refractivity contribution in [1.82, 2.24) is 14.8 Å². The third-order valence-electron chi connectivity index (χ3n) is 6.28. The highest BCUT2D eigenvalue weighted by molar-refractivity contribution is 6.35. The fourth-order valence-electron chi connectivity index (χ4n) is 4.18. The maximum Gasteiger partial charge on any atom is 0.416 e. The Morgan fingerprint density at radius 3 is 2.49 bits per heavy atom. The first-order valence-corrected chi connectivity index (χ1v) is 12.0. The van der Waals surface area contributed by atoms with Crippen molar-refractivity contribution in [1.29, 1.82) is 0 Å². The van der Waals surface area contributed by atoms with Crippen LogP contribution in [0.5, 0.6) is 0 Å². The summed E-state index contributed by atoms with van der Waals surface area (Å²) < 4.78 is 18.9. The van der Waals surface area contributed by atoms with Gasteiger partial charge in [0.25, 0.3) is 11.8 Å². The summed E-state index contributed by atoms with van der Waals surface area (Å²) in [7, 11) is 0. The number of fused-ring (bicyclic) bond motifs is 1. The second-order valence-corrected chi connectivity index (χ2v) is 8.61. The van der Waals surface area contributed by atoms with E-state index in [0.717, 1.165) is 18.0 Å². The molecule has 198 valence electrons. The van der Waals surface area contributed by atoms with Crippen LogP contribution < -0.4 is 5.32 Å². The van der Waals surface area contributed by atoms with Crippen molar-refractivity contribution < 1.29 is 33.4 Å². The van der Waals surface area contributed by atoms with Crippen LogP contribution >= 0.6 is 0 Å². The summed E-state index contributed by atoms with van der Waals surface area (Å²) in [5, 5.41) is 11.5. The van der Waals surface area contributed by atoms with E-state index < -0.39 is 29.7 Å². The monoisotopic (exact) mass is 514 g/mol. The van der Waals surface area contributed by atoms with E-state index in [1.165, 1.54) is 18.2 Å². The van der Waals surface area contributed by atoms with E-state index in [4.69, 9.17) is 9.84 Å². The molecule has 11 heteroatoms. The molecule has 2 heterocycles. The number of carbonyl (C=O) groups is 4. The lowest BCUT2D eigenvalue weighted by Gasteiger charge is -2.25. The lowest BCUT2D eigenvalue weighted by Crippen LogP contribution is -2.43. The number of carbonyl (C=O) groups excluding carboxylic acids is 3. The summed E-state index contributed by atoms with van der Waals surface area (Å²) >= 11 is 0. The highest BCUT2D eigenvalue weighted by Crippen LogP contribution is 2.34. The maximum absolute atomic E-state index is 13.8. The molecule has 37 heavy (non-hydrogen) atoms. The number of carboxylic acids is 1. The van der Waals surface area contributed by atoms with E-state index in [2.05, 4.69) is 10.3 Å². The van der Waals surface area contributed by atoms with E-state index >= 15 is 0 Å². The summed E-state index contributed by atoms with van der Waals surface area (Å²) in [6, 6.07) is 4.00. The van der Waals surface area contributed by atoms with Crippen molar-refractivity contribution in [3.8, 4) is 0 Å². The molecule has 10 nitrogen and oxygen atoms in total. The number of aromatic amines is 1. The molecular weight excluding hydrogens is 483 g/mol. The van der Waals surface area contributed by atoms with Crippen molar-refractivity contribution >= 4 is 41.2 Å². The van der Waals surface area contributed by atoms with E-state index in [0.29, 0.717) is 34.7 Å². The molecule has 1 aliphatic heterocycles. The Kier molecular flexibility index (Phi) is 8.82. The second-order valence-electron chi connectivity index (χ2n) is 8.61. The quantitative estimate of drug-likeness (QED) is 0.412. The van der Waals surface area contributed by atoms with Gasteiger partial charge in [0.2, 0.25) is 0 Å². The summed E-state index contributed by atoms with van der Waals surface area (Å²) in [5.74, 6) is -2.61. The zero-order valence-corrected chi connectivity index (χ0v) is 21.3. The number of rotatable bonds is 10. The molecule has 1 aliphatic rings. The first kappa shape index (κ1) is 27.6. The molecule has 0 saturated carbocycles. The first-order chi connectivity index (χ1) is 17.6. The predicted molar refractivity (Wildman–Crippen MR) is 136 cm³/mol. The Labute approximate surface area is 214 Å². The van der Waals surface area contributed by atoms with Gasteiger partial charge in [-0.3, -0.25) is 14.4 Å². The Bertz CT molecular complexity index is 1250. The first-order valence-electron chi connectivity index (χ1n) is 12.0. The van der Waals surface area contributed by atoms with E-state index in [1.807, 2.05) is 18.7 Å². The highest BCUT2D eigenvalue weighted by atomic mass is 19.1. The van der Waals surface area contributed by atoms with Crippen molar-refractivity contribution in [3.63, 3.8) is 0 Å². The molecular formula is C26H31FN4O6. The molecule has 0 spiro atoms. The van der Waals surface area contributed by atoms with Gasteiger partial charge in [0, 0.05) is 35.7 Å². The Hall–Kier alpha value is -3.99. The van der Waals surface area contributed by atoms with Crippen LogP contribution in [-0.4, -0.2) is 76.6 Å². The minimum atomic E-state index is -1.12. The summed E-state index contributed by atoms with van der Waals surface area (Å²) in [4.78, 5) is 55.8. The number of nitrogens with zero attached hydrogens (tertiary/aromatic N) is 2. The number of H-pyrrole nitrogens is 1. The number of nitrogens with one attached hydrogen (secondary N) is 2. The minimum Gasteiger partial charge on any atom is -0.481 e. The molecule has 0 aliphatic carbocycles. The van der Waals surface area contributed by atoms with E-state index in [1.54, 1.807) is 19.9 Å². The number of amides is 3. The zero-order chi connectivity index (χ0) is 27.3. The highest BCUT2D eigenvalue weighted by Gasteiger charge is 2.30. The third kappa shape index (κ3) is 6.23. The number of imide groups is 1. The molecule has 1 aromatic heterocycles. The molecule has 3 rings (SSSR count). The lowest BCUT2D eigenvalue weighted by atomic mass is 10.0. The van der Waals surface area contributed by atoms with Crippen molar-refractivity contribution in [2.75, 3.05) is 38.1 Å². The van der Waals surface area contributed by atoms with Crippen LogP contribution in [0.15, 0.2) is 18.2 Å². The van der Waals surface area contributed by atoms with E-state index in [-0.39, 0.29) is 30.7 Å². The number of ether oxygens (including phenoxy) is 1. The van der Waals surface area contributed by atoms with Crippen molar-refractivity contribution in [2.45, 2.75) is 34.1 Å². The topological polar surface area (TPSA) is 132 Å². The summed E-state index contributed by atoms with van der Waals surface area (Å²) in [6.07, 6.45) is 0.233. The fraction of sp³-hybridized carbons (Fsp3) is 0.385. The van der Waals surface area contributed by atoms with Gasteiger partial charge in [0.1, 0.15) is 12.4 Å². The number of benzene rings is 1. The standard InChI is InChI=1S/C26H31FN4O6/c1-5-30(6-2)10-11-31(26(36)37-12-9-22(32)33)25(35)23-15(3)21(28-16(23)4)14-19-18-13-17(27)7-8-20(18)29-24(19)34/h7-8,13-14,28H,5-6,9-12H2,1-4H3,(H,29,34)(H,32,33)/b19-14-. The normalized spacial score (nSPS) is 13.6. The number of aromatic nitrogens is 1. The largest absolute Gasteiger partial charge is 0.481 e. The molecule has 0 saturated heterocycles. The van der Waals surface area contributed by atoms with Gasteiger partial charge in [-0.2, -0.15) is 0 Å². The minimum absolute atomic E-state index is 0.0436. The summed E-state index contributed by atoms with van der Waals surface area (Å²) in [6.45, 7) is 8.80. The average molecular weight is 515 g/mol. The summed E-state index contributed by atoms with van der Waals surface area (Å²) in [5.41, 5.74) is 2.81. The van der Waals surface area contributed by atoms with Crippen LogP contribution in [0.3, 0.4) is 0 Å². The molecule has 2 aromatic rings. The van der Waals surface area contributed by atoms with Gasteiger partial charge >= 0.3 is 12.1 Å². The average Bonchev–Trinajstić information content (AvgIpc) is 3.30. The van der Waals surface area contributed by atoms with E-state index in [9.17, 15) is 23.6 Å². The van der Waals surface area contributed by atoms with Gasteiger partial charge in [-0.15, -0.1) is 0 Å². The number of hydrogen-bond donors (Lipinski definition) is 3. The van der Waals surface area contributed by atoms with Crippen LogP contribution in [0.25, 0.3) is 11.6 Å². The third-order valence-corrected chi connectivity index (χ3v) is 6.28. The number of likely N-dealkylation sites (N-methyl/N-ethyl adjacent to an activating group) is 1. The number of anilines is 1. The SMILES string of the molecule is CCN(CC)CCN(C(=O)OCCC(=O)O)C(=O)c1c(C)[nH]c(/C=C2\C(=O)Nc3ccc(F)cc32)c1C. The smallest absolute Gasteiger partial charge is 0.416 e. The molecule has 0 fully saturated rings. The Morgan fingerprint density at radius 2 is 1.84 bits per heavy atom. The molecule has 1 aromatic carbocycles. The zero-order valence-electron chi connectivity index (χ0n) is 21.3. The lowest BCUT2D eigenvalue weighted by molar-refractivity contribution is -0.137. The Morgan fingerprint density at radius 1 is 1.14 bits per heavy atom. The second kappa shape index (κ2) is 11.8. The van der Waals surface area contributed by atoms with Crippen LogP contribution in [0.4, 0.5) is 14.9 Å². The molecule has 0 radical (unpaired) electrons. The van der Waals surface area contributed by atoms with Crippen LogP contribution in [-0.2, 0) is 14.3 Å². The van der Waals surface area contributed by atoms with Crippen molar-refractivity contribution in [3.05, 3.63) is 52.1 Å². The van der Waals surface area contributed by atoms with Crippen LogP contribution in [0.1, 0.15) is 53.1 Å². The van der Waals surface area contributed by atoms with Crippen LogP contribution in [0.2, 0.25) is 0 Å². The number of hydrogen-bond acceptors (Lipinski definition) is 6. The predicted octanol–water partition coefficient (Wildman–Crippen LogP) is 3.66. The Balaban J connectivity index is 1.93. The number of carboxylic acid groups (broad SMARTS) is 1. The van der Waals surface area contributed by atoms with Gasteiger partial charge in [-0.05, 0) is 56.8 Å². The number of aliphatic carboxylic acids is 1. The molecule has 0 atom stereocenters. The maximum atomic E-state index is 13.8. The van der Waals surface area contributed by atoms with Gasteiger partial charge in [0.15, 0.2) is 0 Å². The number of halogens is 1. The van der Waals surface area contributed by atoms with Crippen LogP contribution in [0, 0.1) is 19.7 Å². The molecule has 3 amide bonds. The number of aryl methyl sites for hydroxylation is 1. The van der Waals surface area contributed by atoms with Gasteiger partial charge < -0.3 is 25.0 Å². The van der Waals surface area contributed by atoms with Gasteiger partial charge in [-0.25, -0.2) is 14.1 Å². The fourth-order valence-corrected chi connectivity index (χ4v) is 4.18.